The van der Waals surface area contributed by atoms with Crippen molar-refractivity contribution in [2.75, 3.05) is 6.61 Å². The molecule has 1 aromatic carbocycles. The topological polar surface area (TPSA) is 135 Å². The fourth-order valence-electron chi connectivity index (χ4n) is 3.99. The van der Waals surface area contributed by atoms with Crippen LogP contribution in [-0.2, 0) is 20.8 Å². The van der Waals surface area contributed by atoms with Gasteiger partial charge in [-0.3, -0.25) is 9.59 Å². The maximum atomic E-state index is 12.8. The molecule has 0 bridgehead atoms. The molecule has 2 aromatic rings. The monoisotopic (exact) mass is 502 g/mol. The van der Waals surface area contributed by atoms with Gasteiger partial charge < -0.3 is 24.9 Å². The summed E-state index contributed by atoms with van der Waals surface area (Å²) in [5.74, 6) is -2.05. The van der Waals surface area contributed by atoms with E-state index in [2.05, 4.69) is 17.6 Å². The van der Waals surface area contributed by atoms with E-state index in [1.165, 1.54) is 6.07 Å². The predicted molar refractivity (Wildman–Crippen MR) is 137 cm³/mol. The molecule has 0 saturated carbocycles. The molecule has 3 N–H and O–H groups in total. The molecule has 0 aliphatic heterocycles. The molecule has 2 rings (SSSR count). The number of aliphatic carboxylic acids is 1. The summed E-state index contributed by atoms with van der Waals surface area (Å²) in [6.07, 6.45) is 3.05. The third-order valence-electron chi connectivity index (χ3n) is 5.94. The highest BCUT2D eigenvalue weighted by Gasteiger charge is 2.29. The normalized spacial score (nSPS) is 13.0. The smallest absolute Gasteiger partial charge is 0.336 e. The first-order valence-corrected chi connectivity index (χ1v) is 12.5. The molecule has 1 aromatic heterocycles. The lowest BCUT2D eigenvalue weighted by molar-refractivity contribution is -0.143. The Morgan fingerprint density at radius 2 is 1.81 bits per heavy atom. The molecular formula is C27H38N2O7. The van der Waals surface area contributed by atoms with E-state index < -0.39 is 35.5 Å². The molecule has 0 fully saturated rings. The number of unbranched alkanes of at least 4 members (excludes halogenated alkanes) is 1. The van der Waals surface area contributed by atoms with Crippen LogP contribution in [0.15, 0.2) is 27.4 Å². The van der Waals surface area contributed by atoms with Crippen LogP contribution in [0.25, 0.3) is 11.0 Å². The van der Waals surface area contributed by atoms with E-state index in [1.54, 1.807) is 26.8 Å². The zero-order valence-electron chi connectivity index (χ0n) is 22.0. The second-order valence-electron chi connectivity index (χ2n) is 9.87. The van der Waals surface area contributed by atoms with Crippen molar-refractivity contribution < 1.29 is 28.6 Å². The van der Waals surface area contributed by atoms with Gasteiger partial charge in [0, 0.05) is 17.0 Å². The number of aryl methyl sites for hydroxylation is 2. The molecule has 0 aliphatic rings. The van der Waals surface area contributed by atoms with Crippen LogP contribution in [0.3, 0.4) is 0 Å². The number of benzene rings is 1. The molecular weight excluding hydrogens is 464 g/mol. The molecule has 0 aliphatic carbocycles. The predicted octanol–water partition coefficient (Wildman–Crippen LogP) is 3.58. The second kappa shape index (κ2) is 13.1. The first kappa shape index (κ1) is 28.9. The highest BCUT2D eigenvalue weighted by atomic mass is 16.5. The van der Waals surface area contributed by atoms with E-state index in [0.717, 1.165) is 30.2 Å². The van der Waals surface area contributed by atoms with E-state index in [1.807, 2.05) is 19.9 Å². The maximum Gasteiger partial charge on any atom is 0.336 e. The van der Waals surface area contributed by atoms with E-state index in [9.17, 15) is 24.3 Å². The first-order valence-electron chi connectivity index (χ1n) is 12.5. The van der Waals surface area contributed by atoms with Crippen LogP contribution in [0.5, 0.6) is 5.75 Å². The molecule has 1 heterocycles. The third-order valence-corrected chi connectivity index (χ3v) is 5.94. The molecule has 2 amide bonds. The zero-order valence-corrected chi connectivity index (χ0v) is 22.0. The lowest BCUT2D eigenvalue weighted by Crippen LogP contribution is -2.54. The first-order chi connectivity index (χ1) is 16.9. The minimum Gasteiger partial charge on any atom is -0.483 e. The molecule has 0 radical (unpaired) electrons. The van der Waals surface area contributed by atoms with Crippen LogP contribution in [0.1, 0.15) is 65.0 Å². The molecule has 2 atom stereocenters. The molecule has 198 valence electrons. The summed E-state index contributed by atoms with van der Waals surface area (Å²) in [4.78, 5) is 49.0. The van der Waals surface area contributed by atoms with Gasteiger partial charge in [-0.05, 0) is 55.7 Å². The minimum atomic E-state index is -1.13. The molecule has 9 heteroatoms. The van der Waals surface area contributed by atoms with Crippen molar-refractivity contribution in [2.45, 2.75) is 79.3 Å². The lowest BCUT2D eigenvalue weighted by atomic mass is 10.0. The Bertz CT molecular complexity index is 1140. The van der Waals surface area contributed by atoms with Crippen LogP contribution in [0, 0.1) is 18.8 Å². The van der Waals surface area contributed by atoms with Gasteiger partial charge in [0.2, 0.25) is 5.91 Å². The van der Waals surface area contributed by atoms with Gasteiger partial charge in [-0.25, -0.2) is 9.59 Å². The highest BCUT2D eigenvalue weighted by Crippen LogP contribution is 2.29. The highest BCUT2D eigenvalue weighted by molar-refractivity contribution is 5.91. The Labute approximate surface area is 211 Å². The molecule has 0 saturated heterocycles. The average molecular weight is 503 g/mol. The summed E-state index contributed by atoms with van der Waals surface area (Å²) < 4.78 is 11.1. The lowest BCUT2D eigenvalue weighted by Gasteiger charge is -2.24. The zero-order chi connectivity index (χ0) is 27.0. The van der Waals surface area contributed by atoms with Crippen LogP contribution in [0.2, 0.25) is 0 Å². The van der Waals surface area contributed by atoms with Crippen molar-refractivity contribution in [1.82, 2.24) is 10.6 Å². The number of carbonyl (C=O) groups is 3. The fourth-order valence-corrected chi connectivity index (χ4v) is 3.99. The van der Waals surface area contributed by atoms with Gasteiger partial charge in [0.25, 0.3) is 5.91 Å². The number of hydrogen-bond donors (Lipinski definition) is 3. The van der Waals surface area contributed by atoms with Crippen LogP contribution < -0.4 is 21.0 Å². The van der Waals surface area contributed by atoms with E-state index >= 15 is 0 Å². The van der Waals surface area contributed by atoms with Crippen molar-refractivity contribution in [3.05, 3.63) is 39.7 Å². The average Bonchev–Trinajstić information content (AvgIpc) is 2.79. The van der Waals surface area contributed by atoms with Gasteiger partial charge in [0.1, 0.15) is 23.4 Å². The second-order valence-corrected chi connectivity index (χ2v) is 9.87. The molecule has 0 spiro atoms. The van der Waals surface area contributed by atoms with Crippen molar-refractivity contribution >= 4 is 28.8 Å². The summed E-state index contributed by atoms with van der Waals surface area (Å²) in [7, 11) is 0. The number of carboxylic acid groups (broad SMARTS) is 1. The third kappa shape index (κ3) is 7.83. The van der Waals surface area contributed by atoms with Gasteiger partial charge >= 0.3 is 11.6 Å². The summed E-state index contributed by atoms with van der Waals surface area (Å²) in [5, 5.41) is 15.4. The Morgan fingerprint density at radius 3 is 2.39 bits per heavy atom. The number of fused-ring (bicyclic) bond motifs is 1. The Kier molecular flexibility index (Phi) is 10.5. The van der Waals surface area contributed by atoms with E-state index in [0.29, 0.717) is 23.3 Å². The number of ether oxygens (including phenoxy) is 1. The van der Waals surface area contributed by atoms with Gasteiger partial charge in [0.15, 0.2) is 6.61 Å². The van der Waals surface area contributed by atoms with Crippen molar-refractivity contribution in [3.63, 3.8) is 0 Å². The van der Waals surface area contributed by atoms with Crippen molar-refractivity contribution in [3.8, 4) is 5.75 Å². The Hall–Kier alpha value is -3.36. The molecule has 2 unspecified atom stereocenters. The van der Waals surface area contributed by atoms with Gasteiger partial charge in [-0.1, -0.05) is 41.0 Å². The van der Waals surface area contributed by atoms with Gasteiger partial charge in [0.05, 0.1) is 0 Å². The van der Waals surface area contributed by atoms with Crippen LogP contribution in [0.4, 0.5) is 0 Å². The summed E-state index contributed by atoms with van der Waals surface area (Å²) in [6, 6.07) is 3.10. The number of nitrogens with one attached hydrogen (secondary N) is 2. The number of rotatable bonds is 13. The summed E-state index contributed by atoms with van der Waals surface area (Å²) in [5.41, 5.74) is 1.51. The number of carboxylic acids is 1. The van der Waals surface area contributed by atoms with Gasteiger partial charge in [-0.2, -0.15) is 0 Å². The number of hydrogen-bond acceptors (Lipinski definition) is 6. The van der Waals surface area contributed by atoms with Crippen LogP contribution in [-0.4, -0.2) is 41.6 Å². The van der Waals surface area contributed by atoms with E-state index in [4.69, 9.17) is 9.15 Å². The Morgan fingerprint density at radius 1 is 1.11 bits per heavy atom. The Balaban J connectivity index is 2.14. The minimum absolute atomic E-state index is 0.0804. The largest absolute Gasteiger partial charge is 0.483 e. The quantitative estimate of drug-likeness (QED) is 0.356. The number of carbonyl (C=O) groups excluding carboxylic acids is 2. The molecule has 9 nitrogen and oxygen atoms in total. The molecule has 36 heavy (non-hydrogen) atoms. The van der Waals surface area contributed by atoms with Crippen molar-refractivity contribution in [2.24, 2.45) is 11.8 Å². The maximum absolute atomic E-state index is 12.8. The summed E-state index contributed by atoms with van der Waals surface area (Å²) in [6.45, 7) is 10.7. The van der Waals surface area contributed by atoms with Gasteiger partial charge in [-0.15, -0.1) is 0 Å². The number of amides is 2. The fraction of sp³-hybridized carbons (Fsp3) is 0.556. The van der Waals surface area contributed by atoms with Crippen molar-refractivity contribution in [1.29, 1.82) is 0 Å². The summed E-state index contributed by atoms with van der Waals surface area (Å²) >= 11 is 0. The standard InChI is InChI=1S/C27H38N2O7/c1-7-8-9-18-13-23(31)36-25-17(6)21(11-10-19(18)25)35-14-22(30)28-20(12-15(2)3)26(32)29-24(16(4)5)27(33)34/h10-11,13,15-16,20,24H,7-9,12,14H2,1-6H3,(H,28,30)(H,29,32)(H,33,34). The van der Waals surface area contributed by atoms with Crippen LogP contribution >= 0.6 is 0 Å². The SMILES string of the molecule is CCCCc1cc(=O)oc2c(C)c(OCC(=O)NC(CC(C)C)C(=O)NC(C(=O)O)C(C)C)ccc12. The van der Waals surface area contributed by atoms with E-state index in [-0.39, 0.29) is 18.4 Å².